The number of methoxy groups -OCH3 is 1. The van der Waals surface area contributed by atoms with Crippen LogP contribution in [0.3, 0.4) is 0 Å². The molecule has 0 saturated carbocycles. The number of aromatic nitrogens is 4. The predicted octanol–water partition coefficient (Wildman–Crippen LogP) is 0.535. The van der Waals surface area contributed by atoms with E-state index >= 15 is 0 Å². The first-order valence-corrected chi connectivity index (χ1v) is 4.75. The van der Waals surface area contributed by atoms with Crippen molar-refractivity contribution in [2.24, 2.45) is 0 Å². The Bertz CT molecular complexity index is 475. The van der Waals surface area contributed by atoms with E-state index in [0.717, 1.165) is 0 Å². The van der Waals surface area contributed by atoms with Gasteiger partial charge in [0.1, 0.15) is 6.61 Å². The van der Waals surface area contributed by atoms with Crippen molar-refractivity contribution in [2.75, 3.05) is 7.11 Å². The van der Waals surface area contributed by atoms with Gasteiger partial charge in [-0.05, 0) is 0 Å². The van der Waals surface area contributed by atoms with Crippen molar-refractivity contribution in [3.63, 3.8) is 0 Å². The van der Waals surface area contributed by atoms with Crippen LogP contribution in [0.15, 0.2) is 0 Å². The van der Waals surface area contributed by atoms with Gasteiger partial charge in [-0.25, -0.2) is 0 Å². The second-order valence-corrected chi connectivity index (χ2v) is 3.66. The first kappa shape index (κ1) is 9.22. The molecule has 2 heterocycles. The van der Waals surface area contributed by atoms with Gasteiger partial charge in [0.15, 0.2) is 16.6 Å². The standard InChI is InChI=1S/C7H8N4O2S/c1-4(12)6-10-11-5(3-13-2)8-9-7(11)14-6/h3H2,1-2H3. The van der Waals surface area contributed by atoms with E-state index in [-0.39, 0.29) is 5.78 Å². The van der Waals surface area contributed by atoms with Crippen molar-refractivity contribution >= 4 is 22.1 Å². The second kappa shape index (κ2) is 3.43. The zero-order chi connectivity index (χ0) is 10.1. The molecule has 0 spiro atoms. The third kappa shape index (κ3) is 1.40. The molecule has 0 aromatic carbocycles. The lowest BCUT2D eigenvalue weighted by Gasteiger charge is -1.91. The van der Waals surface area contributed by atoms with Crippen LogP contribution in [0.5, 0.6) is 0 Å². The van der Waals surface area contributed by atoms with Crippen molar-refractivity contribution in [2.45, 2.75) is 13.5 Å². The van der Waals surface area contributed by atoms with Gasteiger partial charge in [-0.2, -0.15) is 4.52 Å². The molecule has 6 nitrogen and oxygen atoms in total. The van der Waals surface area contributed by atoms with E-state index < -0.39 is 0 Å². The van der Waals surface area contributed by atoms with Crippen molar-refractivity contribution in [3.8, 4) is 0 Å². The minimum atomic E-state index is -0.0659. The van der Waals surface area contributed by atoms with Gasteiger partial charge in [0, 0.05) is 14.0 Å². The number of ketones is 1. The number of carbonyl (C=O) groups excluding carboxylic acids is 1. The first-order valence-electron chi connectivity index (χ1n) is 3.93. The molecule has 0 radical (unpaired) electrons. The lowest BCUT2D eigenvalue weighted by Crippen LogP contribution is -1.99. The van der Waals surface area contributed by atoms with Crippen molar-refractivity contribution in [3.05, 3.63) is 10.8 Å². The van der Waals surface area contributed by atoms with Gasteiger partial charge >= 0.3 is 0 Å². The molecular weight excluding hydrogens is 204 g/mol. The fraction of sp³-hybridized carbons (Fsp3) is 0.429. The van der Waals surface area contributed by atoms with Crippen LogP contribution >= 0.6 is 11.3 Å². The van der Waals surface area contributed by atoms with Gasteiger partial charge in [0.25, 0.3) is 0 Å². The van der Waals surface area contributed by atoms with Crippen LogP contribution in [-0.4, -0.2) is 32.7 Å². The van der Waals surface area contributed by atoms with Crippen LogP contribution in [0, 0.1) is 0 Å². The molecule has 0 aliphatic carbocycles. The molecule has 0 amide bonds. The summed E-state index contributed by atoms with van der Waals surface area (Å²) in [5, 5.41) is 12.3. The summed E-state index contributed by atoms with van der Waals surface area (Å²) in [7, 11) is 1.57. The molecule has 0 aliphatic heterocycles. The molecular formula is C7H8N4O2S. The van der Waals surface area contributed by atoms with Crippen LogP contribution in [0.4, 0.5) is 0 Å². The molecule has 74 valence electrons. The summed E-state index contributed by atoms with van der Waals surface area (Å²) >= 11 is 1.23. The Morgan fingerprint density at radius 1 is 1.57 bits per heavy atom. The summed E-state index contributed by atoms with van der Waals surface area (Å²) in [5.74, 6) is 0.537. The monoisotopic (exact) mass is 212 g/mol. The molecule has 7 heteroatoms. The SMILES string of the molecule is COCc1nnc2sc(C(C)=O)nn12. The van der Waals surface area contributed by atoms with Gasteiger partial charge in [0.2, 0.25) is 4.96 Å². The Kier molecular flexibility index (Phi) is 2.26. The molecule has 0 aliphatic rings. The van der Waals surface area contributed by atoms with E-state index in [1.807, 2.05) is 0 Å². The van der Waals surface area contributed by atoms with E-state index in [4.69, 9.17) is 4.74 Å². The quantitative estimate of drug-likeness (QED) is 0.694. The van der Waals surface area contributed by atoms with E-state index in [1.165, 1.54) is 22.8 Å². The van der Waals surface area contributed by atoms with Crippen LogP contribution in [0.25, 0.3) is 4.96 Å². The third-order valence-corrected chi connectivity index (χ3v) is 2.63. The fourth-order valence-electron chi connectivity index (χ4n) is 1.02. The maximum absolute atomic E-state index is 11.0. The lowest BCUT2D eigenvalue weighted by molar-refractivity contribution is 0.101. The molecule has 0 atom stereocenters. The number of ether oxygens (including phenoxy) is 1. The number of rotatable bonds is 3. The van der Waals surface area contributed by atoms with Gasteiger partial charge in [0.05, 0.1) is 0 Å². The topological polar surface area (TPSA) is 69.4 Å². The molecule has 0 N–H and O–H groups in total. The number of hydrogen-bond donors (Lipinski definition) is 0. The van der Waals surface area contributed by atoms with E-state index in [9.17, 15) is 4.79 Å². The summed E-state index contributed by atoms with van der Waals surface area (Å²) in [6.45, 7) is 1.81. The normalized spacial score (nSPS) is 11.0. The van der Waals surface area contributed by atoms with Gasteiger partial charge < -0.3 is 4.74 Å². The highest BCUT2D eigenvalue weighted by Gasteiger charge is 2.13. The highest BCUT2D eigenvalue weighted by Crippen LogP contribution is 2.14. The van der Waals surface area contributed by atoms with E-state index in [2.05, 4.69) is 15.3 Å². The number of Topliss-reactive ketones (excluding diaryl/α,β-unsaturated/α-hetero) is 1. The summed E-state index contributed by atoms with van der Waals surface area (Å²) in [6, 6.07) is 0. The molecule has 2 rings (SSSR count). The third-order valence-electron chi connectivity index (χ3n) is 1.63. The second-order valence-electron chi connectivity index (χ2n) is 2.71. The van der Waals surface area contributed by atoms with Crippen LogP contribution < -0.4 is 0 Å². The van der Waals surface area contributed by atoms with E-state index in [0.29, 0.717) is 22.4 Å². The van der Waals surface area contributed by atoms with Crippen LogP contribution in [0.1, 0.15) is 22.6 Å². The number of nitrogens with zero attached hydrogens (tertiary/aromatic N) is 4. The minimum Gasteiger partial charge on any atom is -0.377 e. The average Bonchev–Trinajstić information content (AvgIpc) is 2.67. The molecule has 2 aromatic heterocycles. The van der Waals surface area contributed by atoms with Crippen LogP contribution in [-0.2, 0) is 11.3 Å². The molecule has 2 aromatic rings. The maximum atomic E-state index is 11.0. The predicted molar refractivity (Wildman–Crippen MR) is 49.4 cm³/mol. The summed E-state index contributed by atoms with van der Waals surface area (Å²) < 4.78 is 6.45. The zero-order valence-corrected chi connectivity index (χ0v) is 8.54. The van der Waals surface area contributed by atoms with E-state index in [1.54, 1.807) is 7.11 Å². The number of carbonyl (C=O) groups is 1. The van der Waals surface area contributed by atoms with Gasteiger partial charge in [-0.3, -0.25) is 4.79 Å². The summed E-state index contributed by atoms with van der Waals surface area (Å²) in [4.78, 5) is 11.7. The maximum Gasteiger partial charge on any atom is 0.235 e. The summed E-state index contributed by atoms with van der Waals surface area (Å²) in [6.07, 6.45) is 0. The van der Waals surface area contributed by atoms with Crippen molar-refractivity contribution in [1.82, 2.24) is 19.8 Å². The molecule has 0 saturated heterocycles. The molecule has 0 fully saturated rings. The highest BCUT2D eigenvalue weighted by molar-refractivity contribution is 7.18. The average molecular weight is 212 g/mol. The highest BCUT2D eigenvalue weighted by atomic mass is 32.1. The Morgan fingerprint density at radius 3 is 3.00 bits per heavy atom. The molecule has 14 heavy (non-hydrogen) atoms. The number of hydrogen-bond acceptors (Lipinski definition) is 6. The summed E-state index contributed by atoms with van der Waals surface area (Å²) in [5.41, 5.74) is 0. The molecule has 0 bridgehead atoms. The minimum absolute atomic E-state index is 0.0659. The Morgan fingerprint density at radius 2 is 2.36 bits per heavy atom. The zero-order valence-electron chi connectivity index (χ0n) is 7.72. The van der Waals surface area contributed by atoms with Crippen molar-refractivity contribution < 1.29 is 9.53 Å². The number of fused-ring (bicyclic) bond motifs is 1. The largest absolute Gasteiger partial charge is 0.377 e. The Balaban J connectivity index is 2.50. The Labute approximate surface area is 83.5 Å². The van der Waals surface area contributed by atoms with Gasteiger partial charge in [-0.15, -0.1) is 15.3 Å². The van der Waals surface area contributed by atoms with Crippen LogP contribution in [0.2, 0.25) is 0 Å². The molecule has 0 unspecified atom stereocenters. The van der Waals surface area contributed by atoms with Gasteiger partial charge in [-0.1, -0.05) is 11.3 Å². The fourth-order valence-corrected chi connectivity index (χ4v) is 1.77. The Hall–Kier alpha value is -1.34. The first-order chi connectivity index (χ1) is 6.72. The van der Waals surface area contributed by atoms with Crippen molar-refractivity contribution in [1.29, 1.82) is 0 Å². The smallest absolute Gasteiger partial charge is 0.235 e. The lowest BCUT2D eigenvalue weighted by atomic mass is 10.5.